The lowest BCUT2D eigenvalue weighted by atomic mass is 10.1. The summed E-state index contributed by atoms with van der Waals surface area (Å²) in [5.74, 6) is -4.44. The molecular weight excluding hydrogens is 475 g/mol. The predicted octanol–water partition coefficient (Wildman–Crippen LogP) is 3.04. The van der Waals surface area contributed by atoms with E-state index in [4.69, 9.17) is 11.6 Å². The van der Waals surface area contributed by atoms with Crippen LogP contribution in [0.5, 0.6) is 0 Å². The molecule has 1 aliphatic rings. The fraction of sp³-hybridized carbons (Fsp3) is 0.158. The number of anilines is 1. The molecule has 0 saturated heterocycles. The third-order valence-electron chi connectivity index (χ3n) is 4.39. The highest BCUT2D eigenvalue weighted by molar-refractivity contribution is 6.30. The molecule has 0 bridgehead atoms. The van der Waals surface area contributed by atoms with Gasteiger partial charge in [-0.15, -0.1) is 0 Å². The number of fused-ring (bicyclic) bond motifs is 1. The van der Waals surface area contributed by atoms with Crippen molar-refractivity contribution in [2.24, 2.45) is 0 Å². The molecule has 0 fully saturated rings. The topological polar surface area (TPSA) is 136 Å². The van der Waals surface area contributed by atoms with Crippen LogP contribution in [0.2, 0.25) is 5.02 Å². The first-order chi connectivity index (χ1) is 15.4. The maximum Gasteiger partial charge on any atom is 0.418 e. The number of carbonyl (C=O) groups is 4. The van der Waals surface area contributed by atoms with Crippen molar-refractivity contribution in [3.8, 4) is 0 Å². The van der Waals surface area contributed by atoms with Gasteiger partial charge in [0.1, 0.15) is 12.1 Å². The summed E-state index contributed by atoms with van der Waals surface area (Å²) in [7, 11) is 0. The van der Waals surface area contributed by atoms with E-state index in [2.05, 4.69) is 4.74 Å². The highest BCUT2D eigenvalue weighted by atomic mass is 35.5. The van der Waals surface area contributed by atoms with Crippen LogP contribution in [-0.4, -0.2) is 46.7 Å². The summed E-state index contributed by atoms with van der Waals surface area (Å²) < 4.78 is 43.9. The lowest BCUT2D eigenvalue weighted by molar-refractivity contribution is -0.385. The highest BCUT2D eigenvalue weighted by Crippen LogP contribution is 2.36. The van der Waals surface area contributed by atoms with Gasteiger partial charge in [-0.1, -0.05) is 17.7 Å². The molecule has 0 aromatic heterocycles. The molecule has 1 aliphatic heterocycles. The number of imide groups is 1. The van der Waals surface area contributed by atoms with Gasteiger partial charge in [0.25, 0.3) is 23.4 Å². The fourth-order valence-corrected chi connectivity index (χ4v) is 3.15. The van der Waals surface area contributed by atoms with Gasteiger partial charge in [0.05, 0.1) is 21.7 Å². The van der Waals surface area contributed by atoms with Crippen molar-refractivity contribution in [2.75, 3.05) is 18.5 Å². The van der Waals surface area contributed by atoms with Crippen LogP contribution >= 0.6 is 11.6 Å². The van der Waals surface area contributed by atoms with E-state index in [9.17, 15) is 42.5 Å². The standard InChI is InChI=1S/C19H11ClF3N3O7/c20-9-4-5-12(11(6-9)19(21,22)23)24-14(27)8-33-15(28)7-25-17(29)10-2-1-3-13(26(31)32)16(10)18(25)30/h1-6H,7-8H2,(H,24,27). The number of nitrogens with one attached hydrogen (secondary N) is 1. The second-order valence-corrected chi connectivity index (χ2v) is 6.99. The van der Waals surface area contributed by atoms with Gasteiger partial charge in [-0.05, 0) is 24.3 Å². The first-order valence-electron chi connectivity index (χ1n) is 8.86. The average Bonchev–Trinajstić information content (AvgIpc) is 2.97. The third-order valence-corrected chi connectivity index (χ3v) is 4.62. The molecule has 1 N–H and O–H groups in total. The van der Waals surface area contributed by atoms with Crippen molar-refractivity contribution in [1.29, 1.82) is 0 Å². The van der Waals surface area contributed by atoms with Crippen LogP contribution in [0.3, 0.4) is 0 Å². The normalized spacial score (nSPS) is 13.0. The van der Waals surface area contributed by atoms with E-state index >= 15 is 0 Å². The van der Waals surface area contributed by atoms with E-state index in [0.29, 0.717) is 11.0 Å². The lowest BCUT2D eigenvalue weighted by Gasteiger charge is -2.15. The average molecular weight is 486 g/mol. The van der Waals surface area contributed by atoms with Gasteiger partial charge in [-0.3, -0.25) is 34.2 Å². The Kier molecular flexibility index (Phi) is 6.35. The zero-order chi connectivity index (χ0) is 24.5. The van der Waals surface area contributed by atoms with E-state index in [0.717, 1.165) is 18.2 Å². The molecule has 0 unspecified atom stereocenters. The van der Waals surface area contributed by atoms with Crippen molar-refractivity contribution < 1.29 is 42.0 Å². The van der Waals surface area contributed by atoms with Crippen molar-refractivity contribution in [1.82, 2.24) is 4.90 Å². The van der Waals surface area contributed by atoms with Crippen molar-refractivity contribution in [3.05, 3.63) is 68.2 Å². The molecule has 14 heteroatoms. The summed E-state index contributed by atoms with van der Waals surface area (Å²) in [6.45, 7) is -1.99. The summed E-state index contributed by atoms with van der Waals surface area (Å²) >= 11 is 5.55. The molecule has 3 rings (SSSR count). The van der Waals surface area contributed by atoms with Gasteiger partial charge in [0.15, 0.2) is 6.61 Å². The highest BCUT2D eigenvalue weighted by Gasteiger charge is 2.42. The van der Waals surface area contributed by atoms with Gasteiger partial charge in [0, 0.05) is 11.1 Å². The molecule has 33 heavy (non-hydrogen) atoms. The van der Waals surface area contributed by atoms with E-state index in [-0.39, 0.29) is 10.6 Å². The molecule has 0 atom stereocenters. The lowest BCUT2D eigenvalue weighted by Crippen LogP contribution is -2.36. The Morgan fingerprint density at radius 2 is 1.85 bits per heavy atom. The summed E-state index contributed by atoms with van der Waals surface area (Å²) in [6, 6.07) is 6.01. The second-order valence-electron chi connectivity index (χ2n) is 6.55. The van der Waals surface area contributed by atoms with Gasteiger partial charge in [-0.25, -0.2) is 0 Å². The molecule has 3 amide bonds. The molecule has 0 spiro atoms. The number of alkyl halides is 3. The quantitative estimate of drug-likeness (QED) is 0.287. The second kappa shape index (κ2) is 8.86. The minimum Gasteiger partial charge on any atom is -0.454 e. The van der Waals surface area contributed by atoms with Crippen molar-refractivity contribution in [3.63, 3.8) is 0 Å². The van der Waals surface area contributed by atoms with Crippen molar-refractivity contribution in [2.45, 2.75) is 6.18 Å². The molecule has 0 radical (unpaired) electrons. The number of ether oxygens (including phenoxy) is 1. The zero-order valence-electron chi connectivity index (χ0n) is 16.1. The molecule has 1 heterocycles. The van der Waals surface area contributed by atoms with Crippen LogP contribution in [-0.2, 0) is 20.5 Å². The Balaban J connectivity index is 1.63. The van der Waals surface area contributed by atoms with Crippen LogP contribution in [0.15, 0.2) is 36.4 Å². The maximum atomic E-state index is 13.1. The number of esters is 1. The summed E-state index contributed by atoms with van der Waals surface area (Å²) in [4.78, 5) is 59.3. The van der Waals surface area contributed by atoms with Gasteiger partial charge in [-0.2, -0.15) is 13.2 Å². The summed E-state index contributed by atoms with van der Waals surface area (Å²) in [5, 5.41) is 12.8. The number of nitro benzene ring substituents is 1. The van der Waals surface area contributed by atoms with E-state index in [1.807, 2.05) is 5.32 Å². The molecule has 2 aromatic carbocycles. The first kappa shape index (κ1) is 23.7. The third kappa shape index (κ3) is 4.92. The molecule has 172 valence electrons. The summed E-state index contributed by atoms with van der Waals surface area (Å²) in [6.07, 6.45) is -4.82. The molecular formula is C19H11ClF3N3O7. The number of halogens is 4. The number of amides is 3. The minimum atomic E-state index is -4.82. The van der Waals surface area contributed by atoms with E-state index < -0.39 is 70.4 Å². The zero-order valence-corrected chi connectivity index (χ0v) is 16.9. The Labute approximate surface area is 187 Å². The largest absolute Gasteiger partial charge is 0.454 e. The molecule has 0 aliphatic carbocycles. The van der Waals surface area contributed by atoms with E-state index in [1.165, 1.54) is 12.1 Å². The SMILES string of the molecule is O=C(COC(=O)CN1C(=O)c2cccc([N+](=O)[O-])c2C1=O)Nc1ccc(Cl)cc1C(F)(F)F. The number of nitro groups is 1. The maximum absolute atomic E-state index is 13.1. The first-order valence-corrected chi connectivity index (χ1v) is 9.23. The van der Waals surface area contributed by atoms with E-state index in [1.54, 1.807) is 0 Å². The van der Waals surface area contributed by atoms with Crippen LogP contribution in [0.4, 0.5) is 24.5 Å². The van der Waals surface area contributed by atoms with Gasteiger partial charge >= 0.3 is 12.1 Å². The van der Waals surface area contributed by atoms with Crippen molar-refractivity contribution >= 4 is 46.7 Å². The van der Waals surface area contributed by atoms with Gasteiger partial charge in [0.2, 0.25) is 0 Å². The van der Waals surface area contributed by atoms with Crippen LogP contribution in [0.1, 0.15) is 26.3 Å². The monoisotopic (exact) mass is 485 g/mol. The number of carbonyl (C=O) groups excluding carboxylic acids is 4. The Hall–Kier alpha value is -4.00. The minimum absolute atomic E-state index is 0.215. The number of rotatable bonds is 6. The molecule has 0 saturated carbocycles. The van der Waals surface area contributed by atoms with Crippen LogP contribution in [0.25, 0.3) is 0 Å². The van der Waals surface area contributed by atoms with Crippen LogP contribution in [0, 0.1) is 10.1 Å². The number of hydrogen-bond donors (Lipinski definition) is 1. The predicted molar refractivity (Wildman–Crippen MR) is 105 cm³/mol. The fourth-order valence-electron chi connectivity index (χ4n) is 2.98. The molecule has 2 aromatic rings. The Morgan fingerprint density at radius 1 is 1.15 bits per heavy atom. The smallest absolute Gasteiger partial charge is 0.418 e. The van der Waals surface area contributed by atoms with Crippen LogP contribution < -0.4 is 5.32 Å². The number of benzene rings is 2. The summed E-state index contributed by atoms with van der Waals surface area (Å²) in [5.41, 5.74) is -3.23. The Morgan fingerprint density at radius 3 is 2.48 bits per heavy atom. The molecule has 10 nitrogen and oxygen atoms in total. The Bertz CT molecular complexity index is 1200. The van der Waals surface area contributed by atoms with Gasteiger partial charge < -0.3 is 10.1 Å². The number of hydrogen-bond acceptors (Lipinski definition) is 7. The number of nitrogens with zero attached hydrogens (tertiary/aromatic N) is 2.